The molecule has 3 nitrogen and oxygen atoms in total. The van der Waals surface area contributed by atoms with E-state index in [1.165, 1.54) is 18.2 Å². The maximum Gasteiger partial charge on any atom is 0.265 e. The van der Waals surface area contributed by atoms with Crippen LogP contribution in [0, 0.1) is 9.39 Å². The number of rotatable bonds is 1. The Morgan fingerprint density at radius 1 is 1.10 bits per heavy atom. The number of hydrogen-bond donors (Lipinski definition) is 0. The molecule has 100 valence electrons. The van der Waals surface area contributed by atoms with Crippen molar-refractivity contribution >= 4 is 40.1 Å². The molecule has 20 heavy (non-hydrogen) atoms. The Balaban J connectivity index is 2.11. The average Bonchev–Trinajstić information content (AvgIpc) is 2.41. The van der Waals surface area contributed by atoms with E-state index in [1.54, 1.807) is 24.3 Å². The topological polar surface area (TPSA) is 37.4 Å². The van der Waals surface area contributed by atoms with E-state index >= 15 is 0 Å². The molecule has 2 aromatic carbocycles. The van der Waals surface area contributed by atoms with E-state index in [1.807, 2.05) is 22.6 Å². The van der Waals surface area contributed by atoms with E-state index in [0.29, 0.717) is 14.8 Å². The Morgan fingerprint density at radius 3 is 2.60 bits per heavy atom. The summed E-state index contributed by atoms with van der Waals surface area (Å²) in [6, 6.07) is 11.1. The predicted molar refractivity (Wildman–Crippen MR) is 81.1 cm³/mol. The summed E-state index contributed by atoms with van der Waals surface area (Å²) in [5, 5.41) is 0. The van der Waals surface area contributed by atoms with Crippen molar-refractivity contribution in [3.8, 4) is 0 Å². The smallest absolute Gasteiger partial charge is 0.265 e. The summed E-state index contributed by atoms with van der Waals surface area (Å²) in [5.41, 5.74) is 1.68. The molecule has 0 spiro atoms. The molecule has 1 heterocycles. The van der Waals surface area contributed by atoms with Crippen LogP contribution in [0.4, 0.5) is 10.1 Å². The van der Waals surface area contributed by atoms with Crippen molar-refractivity contribution in [2.45, 2.75) is 6.42 Å². The number of amides is 2. The highest BCUT2D eigenvalue weighted by atomic mass is 127. The van der Waals surface area contributed by atoms with E-state index in [0.717, 1.165) is 10.5 Å². The van der Waals surface area contributed by atoms with Gasteiger partial charge in [0.2, 0.25) is 5.91 Å². The number of hydrogen-bond acceptors (Lipinski definition) is 2. The van der Waals surface area contributed by atoms with Gasteiger partial charge in [0, 0.05) is 9.13 Å². The number of fused-ring (bicyclic) bond motifs is 1. The Hall–Kier alpha value is -1.76. The van der Waals surface area contributed by atoms with Gasteiger partial charge in [0.05, 0.1) is 12.1 Å². The maximum atomic E-state index is 13.2. The molecule has 0 saturated heterocycles. The number of imide groups is 1. The van der Waals surface area contributed by atoms with E-state index in [2.05, 4.69) is 0 Å². The zero-order chi connectivity index (χ0) is 14.3. The summed E-state index contributed by atoms with van der Waals surface area (Å²) < 4.78 is 13.7. The highest BCUT2D eigenvalue weighted by Crippen LogP contribution is 2.29. The van der Waals surface area contributed by atoms with Gasteiger partial charge < -0.3 is 0 Å². The molecule has 0 radical (unpaired) electrons. The zero-order valence-electron chi connectivity index (χ0n) is 10.3. The molecule has 0 aliphatic carbocycles. The van der Waals surface area contributed by atoms with Crippen molar-refractivity contribution in [3.05, 3.63) is 63.0 Å². The van der Waals surface area contributed by atoms with Crippen molar-refractivity contribution in [1.82, 2.24) is 0 Å². The third-order valence-corrected chi connectivity index (χ3v) is 4.06. The third-order valence-electron chi connectivity index (χ3n) is 3.19. The minimum Gasteiger partial charge on any atom is -0.274 e. The number of halogens is 2. The Bertz CT molecular complexity index is 730. The van der Waals surface area contributed by atoms with Crippen molar-refractivity contribution in [2.24, 2.45) is 0 Å². The van der Waals surface area contributed by atoms with Crippen LogP contribution >= 0.6 is 22.6 Å². The van der Waals surface area contributed by atoms with Crippen LogP contribution in [0.1, 0.15) is 15.9 Å². The normalized spacial score (nSPS) is 14.4. The molecule has 0 bridgehead atoms. The SMILES string of the molecule is O=C1Cc2ccccc2C(=O)N1c1ccc(F)cc1I. The van der Waals surface area contributed by atoms with Crippen molar-refractivity contribution < 1.29 is 14.0 Å². The fourth-order valence-electron chi connectivity index (χ4n) is 2.27. The molecular weight excluding hydrogens is 372 g/mol. The second-order valence-corrected chi connectivity index (χ2v) is 5.63. The summed E-state index contributed by atoms with van der Waals surface area (Å²) in [4.78, 5) is 25.8. The van der Waals surface area contributed by atoms with Gasteiger partial charge in [-0.05, 0) is 52.4 Å². The number of benzene rings is 2. The minimum absolute atomic E-state index is 0.176. The average molecular weight is 381 g/mol. The maximum absolute atomic E-state index is 13.2. The van der Waals surface area contributed by atoms with Gasteiger partial charge in [-0.25, -0.2) is 9.29 Å². The van der Waals surface area contributed by atoms with Crippen LogP contribution < -0.4 is 4.90 Å². The first-order valence-electron chi connectivity index (χ1n) is 5.98. The summed E-state index contributed by atoms with van der Waals surface area (Å²) in [6.07, 6.45) is 0.176. The lowest BCUT2D eigenvalue weighted by Gasteiger charge is -2.27. The lowest BCUT2D eigenvalue weighted by Crippen LogP contribution is -2.42. The minimum atomic E-state index is -0.393. The first-order chi connectivity index (χ1) is 9.58. The Labute approximate surface area is 128 Å². The van der Waals surface area contributed by atoms with Gasteiger partial charge in [0.15, 0.2) is 0 Å². The molecule has 0 N–H and O–H groups in total. The largest absolute Gasteiger partial charge is 0.274 e. The van der Waals surface area contributed by atoms with E-state index < -0.39 is 5.82 Å². The van der Waals surface area contributed by atoms with E-state index in [4.69, 9.17) is 0 Å². The van der Waals surface area contributed by atoms with Crippen LogP contribution in [0.5, 0.6) is 0 Å². The van der Waals surface area contributed by atoms with Crippen molar-refractivity contribution in [3.63, 3.8) is 0 Å². The van der Waals surface area contributed by atoms with Gasteiger partial charge in [-0.1, -0.05) is 18.2 Å². The summed E-state index contributed by atoms with van der Waals surface area (Å²) >= 11 is 1.92. The van der Waals surface area contributed by atoms with Crippen LogP contribution in [0.25, 0.3) is 0 Å². The van der Waals surface area contributed by atoms with Gasteiger partial charge in [-0.15, -0.1) is 0 Å². The zero-order valence-corrected chi connectivity index (χ0v) is 12.4. The molecule has 2 amide bonds. The molecule has 2 aromatic rings. The summed E-state index contributed by atoms with van der Waals surface area (Å²) in [6.45, 7) is 0. The summed E-state index contributed by atoms with van der Waals surface area (Å²) in [5.74, 6) is -1.05. The van der Waals surface area contributed by atoms with Crippen molar-refractivity contribution in [1.29, 1.82) is 0 Å². The van der Waals surface area contributed by atoms with Gasteiger partial charge >= 0.3 is 0 Å². The second kappa shape index (κ2) is 4.97. The predicted octanol–water partition coefficient (Wildman–Crippen LogP) is 3.16. The van der Waals surface area contributed by atoms with Gasteiger partial charge in [0.1, 0.15) is 5.82 Å². The lowest BCUT2D eigenvalue weighted by molar-refractivity contribution is -0.117. The quantitative estimate of drug-likeness (QED) is 0.562. The Kier molecular flexibility index (Phi) is 3.29. The fourth-order valence-corrected chi connectivity index (χ4v) is 2.98. The first-order valence-corrected chi connectivity index (χ1v) is 7.06. The number of nitrogens with zero attached hydrogens (tertiary/aromatic N) is 1. The molecule has 1 aliphatic rings. The molecule has 3 rings (SSSR count). The standard InChI is InChI=1S/C15H9FINO2/c16-10-5-6-13(12(17)8-10)18-14(19)7-9-3-1-2-4-11(9)15(18)20/h1-6,8H,7H2. The second-order valence-electron chi connectivity index (χ2n) is 4.46. The van der Waals surface area contributed by atoms with Crippen LogP contribution in [0.2, 0.25) is 0 Å². The van der Waals surface area contributed by atoms with Crippen LogP contribution in [0.3, 0.4) is 0 Å². The van der Waals surface area contributed by atoms with Gasteiger partial charge in [-0.2, -0.15) is 0 Å². The van der Waals surface area contributed by atoms with Crippen LogP contribution in [-0.4, -0.2) is 11.8 Å². The van der Waals surface area contributed by atoms with Gasteiger partial charge in [0.25, 0.3) is 5.91 Å². The molecule has 1 aliphatic heterocycles. The number of carbonyl (C=O) groups excluding carboxylic acids is 2. The van der Waals surface area contributed by atoms with Crippen LogP contribution in [-0.2, 0) is 11.2 Å². The number of carbonyl (C=O) groups is 2. The van der Waals surface area contributed by atoms with E-state index in [-0.39, 0.29) is 18.2 Å². The molecule has 0 saturated carbocycles. The first kappa shape index (κ1) is 13.2. The van der Waals surface area contributed by atoms with E-state index in [9.17, 15) is 14.0 Å². The highest BCUT2D eigenvalue weighted by Gasteiger charge is 2.32. The molecule has 0 unspecified atom stereocenters. The Morgan fingerprint density at radius 2 is 1.85 bits per heavy atom. The molecule has 5 heteroatoms. The molecule has 0 aromatic heterocycles. The summed E-state index contributed by atoms with van der Waals surface area (Å²) in [7, 11) is 0. The number of anilines is 1. The highest BCUT2D eigenvalue weighted by molar-refractivity contribution is 14.1. The molecule has 0 fully saturated rings. The molecule has 0 atom stereocenters. The van der Waals surface area contributed by atoms with Crippen molar-refractivity contribution in [2.75, 3.05) is 4.90 Å². The fraction of sp³-hybridized carbons (Fsp3) is 0.0667. The lowest BCUT2D eigenvalue weighted by atomic mass is 9.98. The monoisotopic (exact) mass is 381 g/mol. The molecular formula is C15H9FINO2. The third kappa shape index (κ3) is 2.11. The van der Waals surface area contributed by atoms with Gasteiger partial charge in [-0.3, -0.25) is 9.59 Å². The van der Waals surface area contributed by atoms with Crippen LogP contribution in [0.15, 0.2) is 42.5 Å².